The maximum Gasteiger partial charge on any atom is 0.246 e. The van der Waals surface area contributed by atoms with Crippen molar-refractivity contribution >= 4 is 23.6 Å². The van der Waals surface area contributed by atoms with Crippen molar-refractivity contribution in [2.45, 2.75) is 59.0 Å². The van der Waals surface area contributed by atoms with E-state index in [2.05, 4.69) is 11.6 Å². The second-order valence-electron chi connectivity index (χ2n) is 6.46. The van der Waals surface area contributed by atoms with Crippen LogP contribution in [0.15, 0.2) is 0 Å². The molecule has 116 valence electrons. The fraction of sp³-hybridized carbons (Fsp3) is 0.867. The van der Waals surface area contributed by atoms with Crippen molar-refractivity contribution in [2.24, 2.45) is 5.41 Å². The molecule has 5 heteroatoms. The molecule has 1 N–H and O–H groups in total. The third kappa shape index (κ3) is 4.14. The molecular formula is C15H28N2O2S. The van der Waals surface area contributed by atoms with Crippen LogP contribution < -0.4 is 5.32 Å². The van der Waals surface area contributed by atoms with E-state index in [1.807, 2.05) is 39.5 Å². The van der Waals surface area contributed by atoms with Gasteiger partial charge in [-0.05, 0) is 36.7 Å². The van der Waals surface area contributed by atoms with Gasteiger partial charge in [-0.25, -0.2) is 0 Å². The van der Waals surface area contributed by atoms with Crippen molar-refractivity contribution in [2.75, 3.05) is 18.6 Å². The van der Waals surface area contributed by atoms with Gasteiger partial charge in [0.1, 0.15) is 12.1 Å². The molecule has 1 aliphatic heterocycles. The maximum atomic E-state index is 12.7. The first-order valence-electron chi connectivity index (χ1n) is 7.42. The van der Waals surface area contributed by atoms with Gasteiger partial charge in [0.05, 0.1) is 0 Å². The second-order valence-corrected chi connectivity index (χ2v) is 7.45. The first kappa shape index (κ1) is 17.3. The molecule has 2 atom stereocenters. The van der Waals surface area contributed by atoms with Crippen molar-refractivity contribution in [1.82, 2.24) is 10.2 Å². The van der Waals surface area contributed by atoms with Crippen LogP contribution in [-0.4, -0.2) is 47.4 Å². The van der Waals surface area contributed by atoms with E-state index in [0.717, 1.165) is 18.6 Å². The number of piperazine rings is 1. The summed E-state index contributed by atoms with van der Waals surface area (Å²) < 4.78 is 0. The minimum atomic E-state index is -0.404. The van der Waals surface area contributed by atoms with Crippen LogP contribution >= 0.6 is 11.8 Å². The van der Waals surface area contributed by atoms with E-state index in [9.17, 15) is 9.59 Å². The molecule has 1 rings (SSSR count). The average molecular weight is 300 g/mol. The van der Waals surface area contributed by atoms with Gasteiger partial charge in [0.15, 0.2) is 0 Å². The van der Waals surface area contributed by atoms with E-state index in [1.165, 1.54) is 0 Å². The van der Waals surface area contributed by atoms with E-state index < -0.39 is 6.04 Å². The molecule has 4 nitrogen and oxygen atoms in total. The summed E-state index contributed by atoms with van der Waals surface area (Å²) in [6.45, 7) is 8.64. The molecule has 1 fully saturated rings. The van der Waals surface area contributed by atoms with Crippen molar-refractivity contribution in [1.29, 1.82) is 0 Å². The first-order chi connectivity index (χ1) is 9.32. The summed E-state index contributed by atoms with van der Waals surface area (Å²) >= 11 is 1.82. The topological polar surface area (TPSA) is 49.4 Å². The van der Waals surface area contributed by atoms with Crippen molar-refractivity contribution < 1.29 is 9.59 Å². The lowest BCUT2D eigenvalue weighted by molar-refractivity contribution is -0.152. The lowest BCUT2D eigenvalue weighted by Crippen LogP contribution is -2.66. The van der Waals surface area contributed by atoms with Crippen LogP contribution in [-0.2, 0) is 9.59 Å². The predicted octanol–water partition coefficient (Wildman–Crippen LogP) is 2.28. The Morgan fingerprint density at radius 2 is 1.90 bits per heavy atom. The van der Waals surface area contributed by atoms with Crippen LogP contribution in [0.4, 0.5) is 0 Å². The summed E-state index contributed by atoms with van der Waals surface area (Å²) in [7, 11) is 0. The Morgan fingerprint density at radius 1 is 1.25 bits per heavy atom. The van der Waals surface area contributed by atoms with Crippen molar-refractivity contribution in [3.63, 3.8) is 0 Å². The number of carbonyl (C=O) groups is 2. The zero-order chi connectivity index (χ0) is 15.3. The van der Waals surface area contributed by atoms with E-state index >= 15 is 0 Å². The summed E-state index contributed by atoms with van der Waals surface area (Å²) in [5.74, 6) is 1.18. The molecule has 20 heavy (non-hydrogen) atoms. The molecule has 1 aliphatic rings. The van der Waals surface area contributed by atoms with Crippen LogP contribution in [0.1, 0.15) is 47.0 Å². The number of rotatable bonds is 6. The molecule has 0 saturated carbocycles. The van der Waals surface area contributed by atoms with Crippen molar-refractivity contribution in [3.8, 4) is 0 Å². The van der Waals surface area contributed by atoms with Crippen LogP contribution in [0, 0.1) is 5.41 Å². The number of thioether (sulfide) groups is 1. The molecular weight excluding hydrogens is 272 g/mol. The van der Waals surface area contributed by atoms with Crippen molar-refractivity contribution in [3.05, 3.63) is 0 Å². The molecule has 0 aromatic heterocycles. The van der Waals surface area contributed by atoms with Gasteiger partial charge in [0.2, 0.25) is 11.8 Å². The van der Waals surface area contributed by atoms with Gasteiger partial charge in [0.25, 0.3) is 0 Å². The maximum absolute atomic E-state index is 12.7. The highest BCUT2D eigenvalue weighted by Gasteiger charge is 2.44. The molecule has 0 bridgehead atoms. The Morgan fingerprint density at radius 3 is 2.40 bits per heavy atom. The first-order valence-corrected chi connectivity index (χ1v) is 8.82. The van der Waals surface area contributed by atoms with Gasteiger partial charge in [-0.1, -0.05) is 27.7 Å². The Labute approximate surface area is 127 Å². The fourth-order valence-electron chi connectivity index (χ4n) is 2.55. The molecule has 2 amide bonds. The number of hydrogen-bond donors (Lipinski definition) is 1. The van der Waals surface area contributed by atoms with Gasteiger partial charge < -0.3 is 10.2 Å². The molecule has 0 aliphatic carbocycles. The van der Waals surface area contributed by atoms with E-state index in [-0.39, 0.29) is 23.3 Å². The quantitative estimate of drug-likeness (QED) is 0.766. The van der Waals surface area contributed by atoms with Crippen LogP contribution in [0.5, 0.6) is 0 Å². The largest absolute Gasteiger partial charge is 0.342 e. The normalized spacial score (nSPS) is 23.9. The highest BCUT2D eigenvalue weighted by atomic mass is 32.2. The Bertz CT molecular complexity index is 352. The molecule has 1 saturated heterocycles. The summed E-state index contributed by atoms with van der Waals surface area (Å²) in [6.07, 6.45) is 4.82. The number of unbranched alkanes of at least 4 members (excludes halogenated alkanes) is 1. The zero-order valence-electron chi connectivity index (χ0n) is 13.4. The summed E-state index contributed by atoms with van der Waals surface area (Å²) in [5.41, 5.74) is -0.247. The smallest absolute Gasteiger partial charge is 0.246 e. The lowest BCUT2D eigenvalue weighted by Gasteiger charge is -2.43. The standard InChI is InChI=1S/C15H28N2O2S/c1-6-11-13(18)16-12(15(2,3)4)14(19)17(11)9-7-8-10-20-5/h11-12H,6-10H2,1-5H3,(H,16,18). The Kier molecular flexibility index (Phi) is 6.37. The number of carbonyl (C=O) groups excluding carboxylic acids is 2. The van der Waals surface area contributed by atoms with Gasteiger partial charge in [-0.3, -0.25) is 9.59 Å². The Hall–Kier alpha value is -0.710. The lowest BCUT2D eigenvalue weighted by atomic mass is 9.83. The summed E-state index contributed by atoms with van der Waals surface area (Å²) in [6, 6.07) is -0.700. The molecule has 0 radical (unpaired) electrons. The SMILES string of the molecule is CCC1C(=O)NC(C(C)(C)C)C(=O)N1CCCCSC. The van der Waals surface area contributed by atoms with Gasteiger partial charge in [-0.2, -0.15) is 11.8 Å². The average Bonchev–Trinajstić information content (AvgIpc) is 2.36. The second kappa shape index (κ2) is 7.34. The van der Waals surface area contributed by atoms with E-state index in [1.54, 1.807) is 4.90 Å². The van der Waals surface area contributed by atoms with Gasteiger partial charge >= 0.3 is 0 Å². The van der Waals surface area contributed by atoms with Gasteiger partial charge in [0, 0.05) is 6.54 Å². The highest BCUT2D eigenvalue weighted by molar-refractivity contribution is 7.98. The number of nitrogens with one attached hydrogen (secondary N) is 1. The molecule has 0 spiro atoms. The number of nitrogens with zero attached hydrogens (tertiary/aromatic N) is 1. The van der Waals surface area contributed by atoms with E-state index in [4.69, 9.17) is 0 Å². The van der Waals surface area contributed by atoms with Crippen LogP contribution in [0.2, 0.25) is 0 Å². The summed E-state index contributed by atoms with van der Waals surface area (Å²) in [4.78, 5) is 26.7. The summed E-state index contributed by atoms with van der Waals surface area (Å²) in [5, 5.41) is 2.90. The third-order valence-corrected chi connectivity index (χ3v) is 4.44. The van der Waals surface area contributed by atoms with Crippen LogP contribution in [0.25, 0.3) is 0 Å². The zero-order valence-corrected chi connectivity index (χ0v) is 14.2. The Balaban J connectivity index is 2.78. The predicted molar refractivity (Wildman–Crippen MR) is 84.8 cm³/mol. The van der Waals surface area contributed by atoms with E-state index in [0.29, 0.717) is 13.0 Å². The monoisotopic (exact) mass is 300 g/mol. The van der Waals surface area contributed by atoms with Gasteiger partial charge in [-0.15, -0.1) is 0 Å². The molecule has 2 unspecified atom stereocenters. The van der Waals surface area contributed by atoms with Crippen LogP contribution in [0.3, 0.4) is 0 Å². The number of amides is 2. The minimum Gasteiger partial charge on any atom is -0.342 e. The minimum absolute atomic E-state index is 0.00288. The fourth-order valence-corrected chi connectivity index (χ4v) is 3.04. The number of hydrogen-bond acceptors (Lipinski definition) is 3. The third-order valence-electron chi connectivity index (χ3n) is 3.75. The molecule has 1 heterocycles. The molecule has 0 aromatic carbocycles. The highest BCUT2D eigenvalue weighted by Crippen LogP contribution is 2.26. The molecule has 0 aromatic rings.